The van der Waals surface area contributed by atoms with Gasteiger partial charge < -0.3 is 15.4 Å². The van der Waals surface area contributed by atoms with E-state index in [1.807, 2.05) is 13.8 Å². The van der Waals surface area contributed by atoms with E-state index in [9.17, 15) is 12.8 Å². The Morgan fingerprint density at radius 1 is 1.50 bits per heavy atom. The summed E-state index contributed by atoms with van der Waals surface area (Å²) >= 11 is 0. The number of aliphatic imine (C=N–C) groups is 1. The molecule has 8 heteroatoms. The standard InChI is InChI=1S/C16H24FN3O3S/c1-3-18-16(20-14-7-8-24(21,22)11-14)19-10-12(2)23-15-6-4-5-13(17)9-15/h4-6,9,12,14H,3,7-8,10-11H2,1-2H3,(H2,18,19,20). The summed E-state index contributed by atoms with van der Waals surface area (Å²) in [5.74, 6) is 1.02. The first-order valence-corrected chi connectivity index (χ1v) is 9.87. The number of ether oxygens (including phenoxy) is 1. The van der Waals surface area contributed by atoms with E-state index < -0.39 is 9.84 Å². The third-order valence-corrected chi connectivity index (χ3v) is 5.33. The summed E-state index contributed by atoms with van der Waals surface area (Å²) in [4.78, 5) is 4.42. The van der Waals surface area contributed by atoms with Crippen LogP contribution in [-0.4, -0.2) is 51.1 Å². The molecule has 0 spiro atoms. The van der Waals surface area contributed by atoms with Crippen molar-refractivity contribution in [1.29, 1.82) is 0 Å². The van der Waals surface area contributed by atoms with Crippen molar-refractivity contribution in [2.24, 2.45) is 4.99 Å². The SMILES string of the molecule is CCNC(=NCC(C)Oc1cccc(F)c1)NC1CCS(=O)(=O)C1. The average Bonchev–Trinajstić information content (AvgIpc) is 2.84. The summed E-state index contributed by atoms with van der Waals surface area (Å²) in [6, 6.07) is 5.85. The quantitative estimate of drug-likeness (QED) is 0.593. The molecule has 0 bridgehead atoms. The van der Waals surface area contributed by atoms with E-state index in [0.29, 0.717) is 31.2 Å². The third-order valence-electron chi connectivity index (χ3n) is 3.56. The zero-order valence-electron chi connectivity index (χ0n) is 14.0. The van der Waals surface area contributed by atoms with Crippen molar-refractivity contribution in [3.8, 4) is 5.75 Å². The molecule has 0 radical (unpaired) electrons. The van der Waals surface area contributed by atoms with E-state index in [2.05, 4.69) is 15.6 Å². The topological polar surface area (TPSA) is 79.8 Å². The van der Waals surface area contributed by atoms with E-state index in [-0.39, 0.29) is 29.5 Å². The van der Waals surface area contributed by atoms with Crippen molar-refractivity contribution < 1.29 is 17.5 Å². The summed E-state index contributed by atoms with van der Waals surface area (Å²) in [5, 5.41) is 6.24. The fourth-order valence-corrected chi connectivity index (χ4v) is 4.13. The minimum absolute atomic E-state index is 0.118. The Morgan fingerprint density at radius 3 is 2.92 bits per heavy atom. The zero-order valence-corrected chi connectivity index (χ0v) is 14.8. The van der Waals surface area contributed by atoms with Gasteiger partial charge in [-0.05, 0) is 32.4 Å². The fourth-order valence-electron chi connectivity index (χ4n) is 2.45. The van der Waals surface area contributed by atoms with Gasteiger partial charge in [-0.25, -0.2) is 17.8 Å². The molecule has 1 fully saturated rings. The second-order valence-corrected chi connectivity index (χ2v) is 8.08. The van der Waals surface area contributed by atoms with Gasteiger partial charge in [0.2, 0.25) is 0 Å². The average molecular weight is 357 g/mol. The second kappa shape index (κ2) is 8.32. The predicted octanol–water partition coefficient (Wildman–Crippen LogP) is 1.34. The molecule has 2 N–H and O–H groups in total. The molecular formula is C16H24FN3O3S. The minimum atomic E-state index is -2.94. The summed E-state index contributed by atoms with van der Waals surface area (Å²) in [7, 11) is -2.94. The van der Waals surface area contributed by atoms with E-state index in [4.69, 9.17) is 4.74 Å². The van der Waals surface area contributed by atoms with Gasteiger partial charge in [0.1, 0.15) is 17.7 Å². The second-order valence-electron chi connectivity index (χ2n) is 5.85. The van der Waals surface area contributed by atoms with Gasteiger partial charge in [-0.2, -0.15) is 0 Å². The van der Waals surface area contributed by atoms with Crippen molar-refractivity contribution in [3.63, 3.8) is 0 Å². The molecule has 24 heavy (non-hydrogen) atoms. The summed E-state index contributed by atoms with van der Waals surface area (Å²) in [6.45, 7) is 4.82. The van der Waals surface area contributed by atoms with Crippen LogP contribution in [-0.2, 0) is 9.84 Å². The number of nitrogens with zero attached hydrogens (tertiary/aromatic N) is 1. The minimum Gasteiger partial charge on any atom is -0.489 e. The molecule has 0 aromatic heterocycles. The van der Waals surface area contributed by atoms with Crippen LogP contribution < -0.4 is 15.4 Å². The van der Waals surface area contributed by atoms with E-state index >= 15 is 0 Å². The van der Waals surface area contributed by atoms with Crippen LogP contribution in [0.15, 0.2) is 29.3 Å². The Morgan fingerprint density at radius 2 is 2.29 bits per heavy atom. The van der Waals surface area contributed by atoms with Crippen molar-refractivity contribution in [3.05, 3.63) is 30.1 Å². The molecule has 2 rings (SSSR count). The van der Waals surface area contributed by atoms with E-state index in [1.54, 1.807) is 12.1 Å². The number of hydrogen-bond acceptors (Lipinski definition) is 4. The van der Waals surface area contributed by atoms with Crippen LogP contribution in [0.2, 0.25) is 0 Å². The van der Waals surface area contributed by atoms with Crippen LogP contribution >= 0.6 is 0 Å². The van der Waals surface area contributed by atoms with Crippen LogP contribution in [0.3, 0.4) is 0 Å². The Labute approximate surface area is 142 Å². The maximum absolute atomic E-state index is 13.1. The number of hydrogen-bond donors (Lipinski definition) is 2. The largest absolute Gasteiger partial charge is 0.489 e. The van der Waals surface area contributed by atoms with Gasteiger partial charge in [0.05, 0.1) is 18.1 Å². The number of halogens is 1. The molecule has 0 amide bonds. The van der Waals surface area contributed by atoms with Gasteiger partial charge in [-0.1, -0.05) is 6.07 Å². The first kappa shape index (κ1) is 18.5. The molecular weight excluding hydrogens is 333 g/mol. The van der Waals surface area contributed by atoms with Gasteiger partial charge in [-0.15, -0.1) is 0 Å². The van der Waals surface area contributed by atoms with Crippen LogP contribution in [0.4, 0.5) is 4.39 Å². The molecule has 6 nitrogen and oxygen atoms in total. The monoisotopic (exact) mass is 357 g/mol. The number of sulfone groups is 1. The molecule has 0 aliphatic carbocycles. The number of guanidine groups is 1. The van der Waals surface area contributed by atoms with Crippen LogP contribution in [0, 0.1) is 5.82 Å². The Bertz CT molecular complexity index is 679. The summed E-state index contributed by atoms with van der Waals surface area (Å²) in [5.41, 5.74) is 0. The summed E-state index contributed by atoms with van der Waals surface area (Å²) < 4.78 is 41.8. The fraction of sp³-hybridized carbons (Fsp3) is 0.562. The van der Waals surface area contributed by atoms with Crippen molar-refractivity contribution >= 4 is 15.8 Å². The maximum Gasteiger partial charge on any atom is 0.191 e. The van der Waals surface area contributed by atoms with Gasteiger partial charge in [0, 0.05) is 18.7 Å². The lowest BCUT2D eigenvalue weighted by atomic mass is 10.3. The number of rotatable bonds is 6. The molecule has 0 saturated carbocycles. The molecule has 1 aromatic carbocycles. The van der Waals surface area contributed by atoms with Crippen LogP contribution in [0.1, 0.15) is 20.3 Å². The molecule has 2 unspecified atom stereocenters. The van der Waals surface area contributed by atoms with Gasteiger partial charge in [-0.3, -0.25) is 0 Å². The number of benzene rings is 1. The van der Waals surface area contributed by atoms with Crippen molar-refractivity contribution in [1.82, 2.24) is 10.6 Å². The third kappa shape index (κ3) is 5.99. The normalized spacial score (nSPS) is 21.3. The van der Waals surface area contributed by atoms with Gasteiger partial charge in [0.15, 0.2) is 15.8 Å². The highest BCUT2D eigenvalue weighted by molar-refractivity contribution is 7.91. The van der Waals surface area contributed by atoms with E-state index in [0.717, 1.165) is 0 Å². The highest BCUT2D eigenvalue weighted by atomic mass is 32.2. The lowest BCUT2D eigenvalue weighted by Gasteiger charge is -2.17. The Kier molecular flexibility index (Phi) is 6.42. The van der Waals surface area contributed by atoms with Crippen LogP contribution in [0.25, 0.3) is 0 Å². The molecule has 1 heterocycles. The Balaban J connectivity index is 1.90. The molecule has 1 aliphatic rings. The highest BCUT2D eigenvalue weighted by Gasteiger charge is 2.28. The van der Waals surface area contributed by atoms with E-state index in [1.165, 1.54) is 12.1 Å². The first-order valence-electron chi connectivity index (χ1n) is 8.05. The van der Waals surface area contributed by atoms with Gasteiger partial charge in [0.25, 0.3) is 0 Å². The zero-order chi connectivity index (χ0) is 17.6. The molecule has 1 aromatic rings. The summed E-state index contributed by atoms with van der Waals surface area (Å²) in [6.07, 6.45) is 0.344. The predicted molar refractivity (Wildman–Crippen MR) is 92.7 cm³/mol. The smallest absolute Gasteiger partial charge is 0.191 e. The lowest BCUT2D eigenvalue weighted by Crippen LogP contribution is -2.44. The van der Waals surface area contributed by atoms with Gasteiger partial charge >= 0.3 is 0 Å². The number of nitrogens with one attached hydrogen (secondary N) is 2. The van der Waals surface area contributed by atoms with Crippen molar-refractivity contribution in [2.75, 3.05) is 24.6 Å². The van der Waals surface area contributed by atoms with Crippen LogP contribution in [0.5, 0.6) is 5.75 Å². The molecule has 1 saturated heterocycles. The lowest BCUT2D eigenvalue weighted by molar-refractivity contribution is 0.229. The van der Waals surface area contributed by atoms with Crippen molar-refractivity contribution in [2.45, 2.75) is 32.4 Å². The molecule has 1 aliphatic heterocycles. The Hall–Kier alpha value is -1.83. The molecule has 2 atom stereocenters. The highest BCUT2D eigenvalue weighted by Crippen LogP contribution is 2.14. The maximum atomic E-state index is 13.1. The molecule has 134 valence electrons. The first-order chi connectivity index (χ1) is 11.4.